The molecule has 2 aromatic rings. The van der Waals surface area contributed by atoms with Crippen LogP contribution in [0.15, 0.2) is 42.9 Å². The Balaban J connectivity index is 0.000000181. The minimum Gasteiger partial charge on any atom is -0.616 e. The van der Waals surface area contributed by atoms with Gasteiger partial charge in [0.15, 0.2) is 6.20 Å². The zero-order valence-corrected chi connectivity index (χ0v) is 10.3. The summed E-state index contributed by atoms with van der Waals surface area (Å²) in [4.78, 5) is 3.88. The van der Waals surface area contributed by atoms with Crippen molar-refractivity contribution < 1.29 is 9.47 Å². The highest BCUT2D eigenvalue weighted by Gasteiger charge is 2.01. The Morgan fingerprint density at radius 2 is 1.94 bits per heavy atom. The van der Waals surface area contributed by atoms with E-state index >= 15 is 0 Å². The third kappa shape index (κ3) is 4.51. The van der Waals surface area contributed by atoms with Crippen molar-refractivity contribution in [3.8, 4) is 5.88 Å². The molecule has 0 saturated carbocycles. The normalized spacial score (nSPS) is 9.12. The molecule has 0 aliphatic heterocycles. The maximum Gasteiger partial charge on any atom is 0.379 e. The Hall–Kier alpha value is -2.10. The first-order chi connectivity index (χ1) is 8.13. The van der Waals surface area contributed by atoms with Gasteiger partial charge >= 0.3 is 5.88 Å². The summed E-state index contributed by atoms with van der Waals surface area (Å²) in [6, 6.07) is 7.41. The van der Waals surface area contributed by atoms with E-state index in [0.717, 1.165) is 5.56 Å². The van der Waals surface area contributed by atoms with E-state index in [2.05, 4.69) is 4.98 Å². The van der Waals surface area contributed by atoms with Gasteiger partial charge in [-0.25, -0.2) is 0 Å². The summed E-state index contributed by atoms with van der Waals surface area (Å²) in [6.45, 7) is 3.88. The summed E-state index contributed by atoms with van der Waals surface area (Å²) < 4.78 is 5.45. The molecule has 2 heterocycles. The SMILES string of the molecule is COc1ccc(C)c[n+]1[O-].Cc1cccnc1. The summed E-state index contributed by atoms with van der Waals surface area (Å²) in [5.41, 5.74) is 2.14. The average molecular weight is 232 g/mol. The highest BCUT2D eigenvalue weighted by molar-refractivity contribution is 5.10. The van der Waals surface area contributed by atoms with Gasteiger partial charge in [0.1, 0.15) is 0 Å². The van der Waals surface area contributed by atoms with Gasteiger partial charge in [-0.2, -0.15) is 0 Å². The lowest BCUT2D eigenvalue weighted by atomic mass is 10.3. The van der Waals surface area contributed by atoms with Crippen LogP contribution in [0.2, 0.25) is 0 Å². The number of aryl methyl sites for hydroxylation is 2. The number of pyridine rings is 2. The van der Waals surface area contributed by atoms with Gasteiger partial charge in [-0.05, 0) is 31.5 Å². The smallest absolute Gasteiger partial charge is 0.379 e. The molecule has 0 radical (unpaired) electrons. The van der Waals surface area contributed by atoms with Crippen LogP contribution in [0.5, 0.6) is 5.88 Å². The minimum atomic E-state index is 0.325. The first-order valence-electron chi connectivity index (χ1n) is 5.24. The Morgan fingerprint density at radius 3 is 2.35 bits per heavy atom. The molecule has 0 saturated heterocycles. The summed E-state index contributed by atoms with van der Waals surface area (Å²) >= 11 is 0. The Bertz CT molecular complexity index is 458. The largest absolute Gasteiger partial charge is 0.616 e. The van der Waals surface area contributed by atoms with E-state index in [1.165, 1.54) is 18.9 Å². The maximum atomic E-state index is 10.9. The van der Waals surface area contributed by atoms with Crippen LogP contribution in [0.4, 0.5) is 0 Å². The van der Waals surface area contributed by atoms with E-state index in [1.807, 2.05) is 38.2 Å². The van der Waals surface area contributed by atoms with E-state index in [-0.39, 0.29) is 0 Å². The fourth-order valence-electron chi connectivity index (χ4n) is 1.17. The number of rotatable bonds is 1. The third-order valence-electron chi connectivity index (χ3n) is 2.05. The highest BCUT2D eigenvalue weighted by atomic mass is 16.5. The van der Waals surface area contributed by atoms with Gasteiger partial charge in [-0.15, -0.1) is 4.73 Å². The minimum absolute atomic E-state index is 0.325. The molecule has 2 aromatic heterocycles. The van der Waals surface area contributed by atoms with E-state index < -0.39 is 0 Å². The Morgan fingerprint density at radius 1 is 1.18 bits per heavy atom. The topological polar surface area (TPSA) is 49.1 Å². The molecule has 0 aliphatic rings. The molecule has 0 atom stereocenters. The van der Waals surface area contributed by atoms with Crippen molar-refractivity contribution in [2.45, 2.75) is 13.8 Å². The lowest BCUT2D eigenvalue weighted by molar-refractivity contribution is -0.612. The van der Waals surface area contributed by atoms with Crippen molar-refractivity contribution >= 4 is 0 Å². The van der Waals surface area contributed by atoms with Crippen LogP contribution in [-0.2, 0) is 0 Å². The van der Waals surface area contributed by atoms with Crippen LogP contribution in [0.3, 0.4) is 0 Å². The van der Waals surface area contributed by atoms with Crippen LogP contribution in [0.25, 0.3) is 0 Å². The number of aromatic nitrogens is 2. The zero-order chi connectivity index (χ0) is 12.7. The molecule has 4 heteroatoms. The number of hydrogen-bond donors (Lipinski definition) is 0. The molecule has 0 spiro atoms. The first kappa shape index (κ1) is 13.0. The first-order valence-corrected chi connectivity index (χ1v) is 5.24. The van der Waals surface area contributed by atoms with Crippen molar-refractivity contribution in [1.29, 1.82) is 0 Å². The molecule has 2 rings (SSSR count). The Labute approximate surface area is 101 Å². The molecule has 90 valence electrons. The highest BCUT2D eigenvalue weighted by Crippen LogP contribution is 2.02. The van der Waals surface area contributed by atoms with Gasteiger partial charge in [-0.3, -0.25) is 4.98 Å². The molecule has 17 heavy (non-hydrogen) atoms. The summed E-state index contributed by atoms with van der Waals surface area (Å²) in [5.74, 6) is 0.325. The number of ether oxygens (including phenoxy) is 1. The maximum absolute atomic E-state index is 10.9. The molecule has 0 fully saturated rings. The van der Waals surface area contributed by atoms with Crippen LogP contribution in [0, 0.1) is 19.1 Å². The summed E-state index contributed by atoms with van der Waals surface area (Å²) in [6.07, 6.45) is 5.08. The van der Waals surface area contributed by atoms with Gasteiger partial charge < -0.3 is 9.94 Å². The van der Waals surface area contributed by atoms with E-state index in [4.69, 9.17) is 4.74 Å². The lowest BCUT2D eigenvalue weighted by Gasteiger charge is -2.01. The molecular formula is C13H16N2O2. The molecule has 0 bridgehead atoms. The summed E-state index contributed by atoms with van der Waals surface area (Å²) in [7, 11) is 1.47. The van der Waals surface area contributed by atoms with Crippen molar-refractivity contribution in [3.63, 3.8) is 0 Å². The van der Waals surface area contributed by atoms with E-state index in [1.54, 1.807) is 12.3 Å². The number of methoxy groups -OCH3 is 1. The van der Waals surface area contributed by atoms with Crippen molar-refractivity contribution in [2.75, 3.05) is 7.11 Å². The van der Waals surface area contributed by atoms with Crippen LogP contribution in [0.1, 0.15) is 11.1 Å². The van der Waals surface area contributed by atoms with Crippen molar-refractivity contribution in [1.82, 2.24) is 4.98 Å². The predicted octanol–water partition coefficient (Wildman–Crippen LogP) is 2.03. The summed E-state index contributed by atoms with van der Waals surface area (Å²) in [5, 5.41) is 10.9. The zero-order valence-electron chi connectivity index (χ0n) is 10.3. The molecule has 0 aliphatic carbocycles. The molecule has 0 N–H and O–H groups in total. The van der Waals surface area contributed by atoms with E-state index in [9.17, 15) is 5.21 Å². The second-order valence-electron chi connectivity index (χ2n) is 3.60. The molecule has 0 aromatic carbocycles. The fraction of sp³-hybridized carbons (Fsp3) is 0.231. The third-order valence-corrected chi connectivity index (χ3v) is 2.05. The quantitative estimate of drug-likeness (QED) is 0.558. The van der Waals surface area contributed by atoms with Crippen molar-refractivity contribution in [3.05, 3.63) is 59.2 Å². The molecule has 0 amide bonds. The average Bonchev–Trinajstić information content (AvgIpc) is 2.31. The second kappa shape index (κ2) is 6.48. The molecule has 0 unspecified atom stereocenters. The Kier molecular flexibility index (Phi) is 4.94. The van der Waals surface area contributed by atoms with Gasteiger partial charge in [0.25, 0.3) is 0 Å². The fourth-order valence-corrected chi connectivity index (χ4v) is 1.17. The second-order valence-corrected chi connectivity index (χ2v) is 3.60. The number of hydrogen-bond acceptors (Lipinski definition) is 3. The lowest BCUT2D eigenvalue weighted by Crippen LogP contribution is -2.27. The van der Waals surface area contributed by atoms with Crippen LogP contribution < -0.4 is 9.47 Å². The van der Waals surface area contributed by atoms with Crippen LogP contribution >= 0.6 is 0 Å². The van der Waals surface area contributed by atoms with E-state index in [0.29, 0.717) is 10.6 Å². The number of nitrogens with zero attached hydrogens (tertiary/aromatic N) is 2. The van der Waals surface area contributed by atoms with Crippen molar-refractivity contribution in [2.24, 2.45) is 0 Å². The molecular weight excluding hydrogens is 216 g/mol. The standard InChI is InChI=1S/C7H9NO2.C6H7N/c1-6-3-4-7(10-2)8(9)5-6;1-6-3-2-4-7-5-6/h3-5H,1-2H3;2-5H,1H3. The van der Waals surface area contributed by atoms with Gasteiger partial charge in [0.05, 0.1) is 13.2 Å². The van der Waals surface area contributed by atoms with Gasteiger partial charge in [0.2, 0.25) is 0 Å². The predicted molar refractivity (Wildman–Crippen MR) is 65.7 cm³/mol. The molecule has 4 nitrogen and oxygen atoms in total. The monoisotopic (exact) mass is 232 g/mol. The van der Waals surface area contributed by atoms with Crippen LogP contribution in [-0.4, -0.2) is 12.1 Å². The van der Waals surface area contributed by atoms with Gasteiger partial charge in [0, 0.05) is 18.0 Å². The van der Waals surface area contributed by atoms with Gasteiger partial charge in [-0.1, -0.05) is 6.07 Å².